The molecule has 0 saturated heterocycles. The van der Waals surface area contributed by atoms with Crippen LogP contribution in [-0.2, 0) is 0 Å². The second-order valence-corrected chi connectivity index (χ2v) is 8.24. The van der Waals surface area contributed by atoms with Crippen LogP contribution in [0.5, 0.6) is 5.75 Å². The van der Waals surface area contributed by atoms with E-state index in [9.17, 15) is 0 Å². The van der Waals surface area contributed by atoms with Crippen LogP contribution in [0.25, 0.3) is 5.70 Å². The van der Waals surface area contributed by atoms with Crippen LogP contribution in [0.15, 0.2) is 78.9 Å². The summed E-state index contributed by atoms with van der Waals surface area (Å²) in [5.41, 5.74) is 4.77. The van der Waals surface area contributed by atoms with Crippen LogP contribution in [0.1, 0.15) is 28.8 Å². The number of pyridine rings is 1. The van der Waals surface area contributed by atoms with Crippen LogP contribution in [-0.4, -0.2) is 19.7 Å². The van der Waals surface area contributed by atoms with Crippen molar-refractivity contribution in [3.8, 4) is 5.75 Å². The Bertz CT molecular complexity index is 1320. The highest BCUT2D eigenvalue weighted by Crippen LogP contribution is 2.50. The highest BCUT2D eigenvalue weighted by molar-refractivity contribution is 6.31. The Morgan fingerprint density at radius 1 is 0.968 bits per heavy atom. The van der Waals surface area contributed by atoms with Gasteiger partial charge >= 0.3 is 0 Å². The third-order valence-corrected chi connectivity index (χ3v) is 6.04. The van der Waals surface area contributed by atoms with Crippen LogP contribution in [0.3, 0.4) is 0 Å². The molecule has 0 fully saturated rings. The Hall–Kier alpha value is -3.35. The molecule has 1 N–H and O–H groups in total. The molecule has 4 aromatic rings. The van der Waals surface area contributed by atoms with Crippen molar-refractivity contribution >= 4 is 34.8 Å². The van der Waals surface area contributed by atoms with Gasteiger partial charge < -0.3 is 10.1 Å². The highest BCUT2D eigenvalue weighted by Gasteiger charge is 2.41. The number of hydrogen-bond acceptors (Lipinski definition) is 5. The maximum absolute atomic E-state index is 6.54. The third-order valence-electron chi connectivity index (χ3n) is 5.55. The van der Waals surface area contributed by atoms with E-state index in [2.05, 4.69) is 20.4 Å². The van der Waals surface area contributed by atoms with Gasteiger partial charge in [0.05, 0.1) is 5.70 Å². The first kappa shape index (κ1) is 18.4. The number of fused-ring (bicyclic) bond motifs is 3. The molecule has 2 atom stereocenters. The molecule has 0 amide bonds. The predicted octanol–water partition coefficient (Wildman–Crippen LogP) is 5.54. The number of halogens is 2. The second-order valence-electron chi connectivity index (χ2n) is 7.36. The summed E-state index contributed by atoms with van der Waals surface area (Å²) in [4.78, 5) is 8.76. The molecule has 2 aromatic carbocycles. The van der Waals surface area contributed by atoms with Crippen molar-refractivity contribution in [2.45, 2.75) is 12.1 Å². The van der Waals surface area contributed by atoms with E-state index >= 15 is 0 Å². The molecule has 31 heavy (non-hydrogen) atoms. The molecule has 0 aliphatic carbocycles. The maximum atomic E-state index is 6.54. The molecule has 2 aliphatic rings. The number of rotatable bonds is 2. The molecule has 4 heterocycles. The Morgan fingerprint density at radius 2 is 1.81 bits per heavy atom. The Kier molecular flexibility index (Phi) is 4.23. The SMILES string of the molecule is Clc1ccc([C@@H]2Oc3ccc(Cl)cc3C3=C2[C@@H](c2cccnc2)n2ncnc2N3)cc1. The predicted molar refractivity (Wildman–Crippen MR) is 119 cm³/mol. The zero-order chi connectivity index (χ0) is 20.9. The molecule has 2 aliphatic heterocycles. The van der Waals surface area contributed by atoms with Crippen molar-refractivity contribution < 1.29 is 4.74 Å². The molecule has 6 nitrogen and oxygen atoms in total. The molecule has 0 bridgehead atoms. The summed E-state index contributed by atoms with van der Waals surface area (Å²) >= 11 is 12.5. The van der Waals surface area contributed by atoms with Gasteiger partial charge in [-0.3, -0.25) is 4.98 Å². The zero-order valence-corrected chi connectivity index (χ0v) is 17.5. The smallest absolute Gasteiger partial charge is 0.226 e. The molecule has 152 valence electrons. The van der Waals surface area contributed by atoms with E-state index in [1.54, 1.807) is 12.5 Å². The first-order valence-electron chi connectivity index (χ1n) is 9.71. The molecule has 2 aromatic heterocycles. The zero-order valence-electron chi connectivity index (χ0n) is 16.0. The molecule has 0 unspecified atom stereocenters. The number of nitrogens with one attached hydrogen (secondary N) is 1. The van der Waals surface area contributed by atoms with E-state index in [0.29, 0.717) is 16.0 Å². The summed E-state index contributed by atoms with van der Waals surface area (Å²) in [5, 5.41) is 9.26. The van der Waals surface area contributed by atoms with Crippen LogP contribution in [0.4, 0.5) is 5.95 Å². The van der Waals surface area contributed by atoms with Crippen LogP contribution < -0.4 is 10.1 Å². The minimum absolute atomic E-state index is 0.254. The summed E-state index contributed by atoms with van der Waals surface area (Å²) < 4.78 is 8.40. The molecule has 6 rings (SSSR count). The molecular weight excluding hydrogens is 433 g/mol. The van der Waals surface area contributed by atoms with Gasteiger partial charge in [-0.15, -0.1) is 0 Å². The van der Waals surface area contributed by atoms with Gasteiger partial charge in [0.25, 0.3) is 0 Å². The lowest BCUT2D eigenvalue weighted by Gasteiger charge is -2.38. The molecule has 0 spiro atoms. The van der Waals surface area contributed by atoms with Crippen LogP contribution in [0.2, 0.25) is 10.0 Å². The fourth-order valence-electron chi connectivity index (χ4n) is 4.21. The van der Waals surface area contributed by atoms with Gasteiger partial charge in [0.15, 0.2) is 0 Å². The average Bonchev–Trinajstić information content (AvgIpc) is 3.27. The van der Waals surface area contributed by atoms with Gasteiger partial charge in [-0.25, -0.2) is 4.68 Å². The minimum atomic E-state index is -0.365. The van der Waals surface area contributed by atoms with Crippen molar-refractivity contribution in [2.24, 2.45) is 0 Å². The fourth-order valence-corrected chi connectivity index (χ4v) is 4.51. The van der Waals surface area contributed by atoms with Crippen molar-refractivity contribution in [3.63, 3.8) is 0 Å². The van der Waals surface area contributed by atoms with Gasteiger partial charge in [-0.05, 0) is 47.5 Å². The number of ether oxygens (including phenoxy) is 1. The number of aromatic nitrogens is 4. The monoisotopic (exact) mass is 447 g/mol. The van der Waals surface area contributed by atoms with Gasteiger partial charge in [-0.1, -0.05) is 41.4 Å². The number of hydrogen-bond donors (Lipinski definition) is 1. The van der Waals surface area contributed by atoms with Crippen molar-refractivity contribution in [1.29, 1.82) is 0 Å². The molecule has 8 heteroatoms. The Labute approximate surface area is 188 Å². The molecule has 0 radical (unpaired) electrons. The standard InChI is InChI=1S/C23H15Cl2N5O/c24-15-5-3-13(4-6-15)22-19-20(17-10-16(25)7-8-18(17)31-22)29-23-27-12-28-30(23)21(19)14-2-1-9-26-11-14/h1-12,21-22H,(H,27,28,29)/t21-,22+/m1/s1. The van der Waals surface area contributed by atoms with Gasteiger partial charge in [0.1, 0.15) is 24.2 Å². The van der Waals surface area contributed by atoms with Crippen LogP contribution >= 0.6 is 23.2 Å². The lowest BCUT2D eigenvalue weighted by molar-refractivity contribution is 0.223. The second kappa shape index (κ2) is 7.11. The number of nitrogens with zero attached hydrogens (tertiary/aromatic N) is 4. The Balaban J connectivity index is 1.64. The van der Waals surface area contributed by atoms with E-state index in [-0.39, 0.29) is 12.1 Å². The lowest BCUT2D eigenvalue weighted by Crippen LogP contribution is -2.32. The lowest BCUT2D eigenvalue weighted by atomic mass is 9.85. The van der Waals surface area contributed by atoms with Gasteiger partial charge in [-0.2, -0.15) is 10.1 Å². The summed E-state index contributed by atoms with van der Waals surface area (Å²) in [5.74, 6) is 1.39. The normalized spacial score (nSPS) is 19.0. The van der Waals surface area contributed by atoms with E-state index in [0.717, 1.165) is 33.7 Å². The van der Waals surface area contributed by atoms with Crippen molar-refractivity contribution in [2.75, 3.05) is 5.32 Å². The first-order chi connectivity index (χ1) is 15.2. The number of anilines is 1. The quantitative estimate of drug-likeness (QED) is 0.436. The highest BCUT2D eigenvalue weighted by atomic mass is 35.5. The van der Waals surface area contributed by atoms with Crippen molar-refractivity contribution in [3.05, 3.63) is 106 Å². The Morgan fingerprint density at radius 3 is 2.61 bits per heavy atom. The molecular formula is C23H15Cl2N5O. The van der Waals surface area contributed by atoms with E-state index in [1.165, 1.54) is 0 Å². The van der Waals surface area contributed by atoms with Gasteiger partial charge in [0, 0.05) is 33.6 Å². The first-order valence-corrected chi connectivity index (χ1v) is 10.5. The van der Waals surface area contributed by atoms with E-state index in [4.69, 9.17) is 27.9 Å². The van der Waals surface area contributed by atoms with Gasteiger partial charge in [0.2, 0.25) is 5.95 Å². The minimum Gasteiger partial charge on any atom is -0.480 e. The maximum Gasteiger partial charge on any atom is 0.226 e. The summed E-state index contributed by atoms with van der Waals surface area (Å²) in [6, 6.07) is 17.0. The van der Waals surface area contributed by atoms with E-state index < -0.39 is 0 Å². The molecule has 0 saturated carbocycles. The summed E-state index contributed by atoms with van der Waals surface area (Å²) in [6.07, 6.45) is 4.78. The number of benzene rings is 2. The van der Waals surface area contributed by atoms with Crippen LogP contribution in [0, 0.1) is 0 Å². The van der Waals surface area contributed by atoms with E-state index in [1.807, 2.05) is 65.5 Å². The average molecular weight is 448 g/mol. The topological polar surface area (TPSA) is 64.9 Å². The third kappa shape index (κ3) is 2.99. The van der Waals surface area contributed by atoms with Crippen molar-refractivity contribution in [1.82, 2.24) is 19.7 Å². The summed E-state index contributed by atoms with van der Waals surface area (Å²) in [7, 11) is 0. The largest absolute Gasteiger partial charge is 0.480 e. The fraction of sp³-hybridized carbons (Fsp3) is 0.0870. The summed E-state index contributed by atoms with van der Waals surface area (Å²) in [6.45, 7) is 0.